The second kappa shape index (κ2) is 12.4. The Labute approximate surface area is 204 Å². The van der Waals surface area contributed by atoms with Crippen LogP contribution >= 0.6 is 11.6 Å². The molecule has 0 radical (unpaired) electrons. The molecule has 1 fully saturated rings. The minimum atomic E-state index is -0.286. The number of benzene rings is 2. The number of hydrogen-bond acceptors (Lipinski definition) is 7. The maximum absolute atomic E-state index is 12.1. The molecule has 9 heteroatoms. The molecule has 3 rings (SSSR count). The summed E-state index contributed by atoms with van der Waals surface area (Å²) in [6.45, 7) is 2.97. The molecule has 8 nitrogen and oxygen atoms in total. The zero-order valence-corrected chi connectivity index (χ0v) is 20.1. The van der Waals surface area contributed by atoms with Crippen LogP contribution in [0, 0.1) is 0 Å². The third kappa shape index (κ3) is 6.95. The zero-order valence-electron chi connectivity index (χ0n) is 19.3. The van der Waals surface area contributed by atoms with Gasteiger partial charge in [0.05, 0.1) is 26.7 Å². The molecule has 34 heavy (non-hydrogen) atoms. The fourth-order valence-corrected chi connectivity index (χ4v) is 3.82. The Hall–Kier alpha value is -3.10. The Morgan fingerprint density at radius 1 is 1.09 bits per heavy atom. The molecule has 0 bridgehead atoms. The molecule has 0 aromatic heterocycles. The lowest BCUT2D eigenvalue weighted by Gasteiger charge is -2.20. The van der Waals surface area contributed by atoms with Crippen LogP contribution in [0.4, 0.5) is 0 Å². The summed E-state index contributed by atoms with van der Waals surface area (Å²) in [5, 5.41) is 4.02. The van der Waals surface area contributed by atoms with Gasteiger partial charge in [0, 0.05) is 30.5 Å². The van der Waals surface area contributed by atoms with E-state index < -0.39 is 0 Å². The summed E-state index contributed by atoms with van der Waals surface area (Å²) in [4.78, 5) is 36.8. The van der Waals surface area contributed by atoms with E-state index in [1.807, 2.05) is 24.3 Å². The molecule has 0 spiro atoms. The second-order valence-electron chi connectivity index (χ2n) is 7.77. The second-order valence-corrected chi connectivity index (χ2v) is 8.20. The van der Waals surface area contributed by atoms with Crippen LogP contribution in [0.3, 0.4) is 0 Å². The highest BCUT2D eigenvalue weighted by Crippen LogP contribution is 2.29. The van der Waals surface area contributed by atoms with E-state index in [0.717, 1.165) is 11.1 Å². The number of ether oxygens (including phenoxy) is 3. The van der Waals surface area contributed by atoms with Gasteiger partial charge < -0.3 is 19.5 Å². The number of carbonyl (C=O) groups excluding carboxylic acids is 3. The van der Waals surface area contributed by atoms with Crippen molar-refractivity contribution in [3.05, 3.63) is 58.6 Å². The Kier molecular flexibility index (Phi) is 9.30. The number of nitrogens with one attached hydrogen (secondary N) is 1. The first kappa shape index (κ1) is 25.5. The molecular weight excluding hydrogens is 460 g/mol. The zero-order chi connectivity index (χ0) is 24.5. The number of halogens is 1. The van der Waals surface area contributed by atoms with E-state index in [1.165, 1.54) is 4.90 Å². The van der Waals surface area contributed by atoms with Gasteiger partial charge in [-0.3, -0.25) is 19.3 Å². The summed E-state index contributed by atoms with van der Waals surface area (Å²) < 4.78 is 16.3. The van der Waals surface area contributed by atoms with Gasteiger partial charge >= 0.3 is 5.97 Å². The largest absolute Gasteiger partial charge is 0.493 e. The Morgan fingerprint density at radius 2 is 1.79 bits per heavy atom. The lowest BCUT2D eigenvalue weighted by Crippen LogP contribution is -2.33. The van der Waals surface area contributed by atoms with E-state index in [2.05, 4.69) is 5.32 Å². The number of carbonyl (C=O) groups is 3. The highest BCUT2D eigenvalue weighted by molar-refractivity contribution is 6.30. The van der Waals surface area contributed by atoms with Crippen LogP contribution in [0.2, 0.25) is 5.02 Å². The van der Waals surface area contributed by atoms with Crippen LogP contribution < -0.4 is 14.8 Å². The predicted octanol–water partition coefficient (Wildman–Crippen LogP) is 3.66. The molecule has 0 aliphatic carbocycles. The van der Waals surface area contributed by atoms with E-state index in [4.69, 9.17) is 25.8 Å². The average Bonchev–Trinajstić information content (AvgIpc) is 3.15. The number of rotatable bonds is 12. The van der Waals surface area contributed by atoms with Gasteiger partial charge in [0.25, 0.3) is 0 Å². The third-order valence-electron chi connectivity index (χ3n) is 5.46. The number of esters is 1. The van der Waals surface area contributed by atoms with Crippen LogP contribution in [-0.4, -0.2) is 49.6 Å². The van der Waals surface area contributed by atoms with Gasteiger partial charge in [-0.15, -0.1) is 0 Å². The summed E-state index contributed by atoms with van der Waals surface area (Å²) in [6, 6.07) is 12.6. The fourth-order valence-electron chi connectivity index (χ4n) is 3.69. The lowest BCUT2D eigenvalue weighted by molar-refractivity contribution is -0.144. The van der Waals surface area contributed by atoms with Crippen molar-refractivity contribution in [3.63, 3.8) is 0 Å². The van der Waals surface area contributed by atoms with Crippen molar-refractivity contribution in [2.24, 2.45) is 0 Å². The van der Waals surface area contributed by atoms with Crippen molar-refractivity contribution in [3.8, 4) is 11.5 Å². The number of likely N-dealkylation sites (tertiary alicyclic amines) is 1. The van der Waals surface area contributed by atoms with Gasteiger partial charge in [0.1, 0.15) is 6.61 Å². The van der Waals surface area contributed by atoms with Crippen molar-refractivity contribution >= 4 is 29.4 Å². The molecule has 1 saturated heterocycles. The fraction of sp³-hybridized carbons (Fsp3) is 0.400. The third-order valence-corrected chi connectivity index (χ3v) is 5.71. The van der Waals surface area contributed by atoms with Gasteiger partial charge in [-0.25, -0.2) is 0 Å². The molecule has 182 valence electrons. The molecule has 1 heterocycles. The van der Waals surface area contributed by atoms with Gasteiger partial charge in [-0.2, -0.15) is 0 Å². The van der Waals surface area contributed by atoms with E-state index in [9.17, 15) is 14.4 Å². The SMILES string of the molecule is CCOC(=O)CC(NCc1ccc(OCCN2C(=O)CCC2=O)c(OC)c1)c1ccc(Cl)cc1. The van der Waals surface area contributed by atoms with E-state index >= 15 is 0 Å². The molecule has 1 atom stereocenters. The molecule has 2 amide bonds. The first-order valence-corrected chi connectivity index (χ1v) is 11.6. The van der Waals surface area contributed by atoms with Gasteiger partial charge in [-0.1, -0.05) is 29.8 Å². The van der Waals surface area contributed by atoms with Crippen molar-refractivity contribution in [1.29, 1.82) is 0 Å². The van der Waals surface area contributed by atoms with Crippen LogP contribution in [0.25, 0.3) is 0 Å². The molecule has 1 N–H and O–H groups in total. The van der Waals surface area contributed by atoms with Gasteiger partial charge in [-0.05, 0) is 42.3 Å². The number of methoxy groups -OCH3 is 1. The van der Waals surface area contributed by atoms with E-state index in [1.54, 1.807) is 32.2 Å². The summed E-state index contributed by atoms with van der Waals surface area (Å²) in [5.74, 6) is 0.435. The maximum atomic E-state index is 12.1. The maximum Gasteiger partial charge on any atom is 0.307 e. The van der Waals surface area contributed by atoms with E-state index in [0.29, 0.717) is 29.7 Å². The minimum absolute atomic E-state index is 0.167. The molecule has 1 aliphatic rings. The topological polar surface area (TPSA) is 94.2 Å². The van der Waals surface area contributed by atoms with Crippen LogP contribution in [0.5, 0.6) is 11.5 Å². The molecule has 1 aliphatic heterocycles. The Balaban J connectivity index is 1.62. The van der Waals surface area contributed by atoms with Gasteiger partial charge in [0.2, 0.25) is 11.8 Å². The average molecular weight is 489 g/mol. The van der Waals surface area contributed by atoms with Crippen LogP contribution in [0.1, 0.15) is 43.4 Å². The summed E-state index contributed by atoms with van der Waals surface area (Å²) in [5.41, 5.74) is 1.85. The van der Waals surface area contributed by atoms with Crippen LogP contribution in [0.15, 0.2) is 42.5 Å². The molecule has 2 aromatic carbocycles. The Bertz CT molecular complexity index is 995. The number of imide groups is 1. The lowest BCUT2D eigenvalue weighted by atomic mass is 10.0. The number of hydrogen-bond donors (Lipinski definition) is 1. The van der Waals surface area contributed by atoms with E-state index in [-0.39, 0.29) is 56.2 Å². The molecule has 0 saturated carbocycles. The molecular formula is C25H29ClN2O6. The number of nitrogens with zero attached hydrogens (tertiary/aromatic N) is 1. The number of amides is 2. The van der Waals surface area contributed by atoms with Crippen molar-refractivity contribution in [2.45, 2.75) is 38.8 Å². The quantitative estimate of drug-likeness (QED) is 0.360. The monoisotopic (exact) mass is 488 g/mol. The normalized spacial score (nSPS) is 14.3. The van der Waals surface area contributed by atoms with Crippen molar-refractivity contribution < 1.29 is 28.6 Å². The van der Waals surface area contributed by atoms with Gasteiger partial charge in [0.15, 0.2) is 11.5 Å². The minimum Gasteiger partial charge on any atom is -0.493 e. The summed E-state index contributed by atoms with van der Waals surface area (Å²) in [7, 11) is 1.55. The standard InChI is InChI=1S/C25H29ClN2O6/c1-3-33-25(31)15-20(18-5-7-19(26)8-6-18)27-16-17-4-9-21(22(14-17)32-2)34-13-12-28-23(29)10-11-24(28)30/h4-9,14,20,27H,3,10-13,15-16H2,1-2H3. The first-order valence-electron chi connectivity index (χ1n) is 11.2. The summed E-state index contributed by atoms with van der Waals surface area (Å²) >= 11 is 6.01. The van der Waals surface area contributed by atoms with Crippen LogP contribution in [-0.2, 0) is 25.7 Å². The molecule has 1 unspecified atom stereocenters. The highest BCUT2D eigenvalue weighted by atomic mass is 35.5. The first-order chi connectivity index (χ1) is 16.4. The predicted molar refractivity (Wildman–Crippen MR) is 127 cm³/mol. The summed E-state index contributed by atoms with van der Waals surface area (Å²) in [6.07, 6.45) is 0.704. The van der Waals surface area contributed by atoms with Crippen molar-refractivity contribution in [1.82, 2.24) is 10.2 Å². The molecule has 2 aromatic rings. The highest BCUT2D eigenvalue weighted by Gasteiger charge is 2.28. The smallest absolute Gasteiger partial charge is 0.307 e. The van der Waals surface area contributed by atoms with Crippen molar-refractivity contribution in [2.75, 3.05) is 26.9 Å². The Morgan fingerprint density at radius 3 is 2.44 bits per heavy atom.